The number of hydrogen-bond donors (Lipinski definition) is 2. The Hall–Kier alpha value is -3.08. The minimum atomic E-state index is -4.60. The molecule has 1 aromatic carbocycles. The van der Waals surface area contributed by atoms with Crippen LogP contribution in [0.4, 0.5) is 18.9 Å². The number of carbonyl (C=O) groups excluding carboxylic acids is 2. The molecule has 1 aromatic heterocycles. The normalized spacial score (nSPS) is 18.8. The van der Waals surface area contributed by atoms with Gasteiger partial charge in [-0.05, 0) is 31.2 Å². The number of amides is 2. The Morgan fingerprint density at radius 3 is 2.72 bits per heavy atom. The summed E-state index contributed by atoms with van der Waals surface area (Å²) in [6.07, 6.45) is -3.44. The summed E-state index contributed by atoms with van der Waals surface area (Å²) in [6.45, 7) is 1.67. The number of alkyl halides is 3. The highest BCUT2D eigenvalue weighted by Gasteiger charge is 2.35. The smallest absolute Gasteiger partial charge is 0.418 e. The zero-order valence-electron chi connectivity index (χ0n) is 15.0. The zero-order valence-corrected chi connectivity index (χ0v) is 15.8. The van der Waals surface area contributed by atoms with E-state index in [1.165, 1.54) is 18.4 Å². The molecule has 1 fully saturated rings. The topological polar surface area (TPSA) is 96.1 Å². The summed E-state index contributed by atoms with van der Waals surface area (Å²) in [7, 11) is 0. The first-order chi connectivity index (χ1) is 13.7. The van der Waals surface area contributed by atoms with Gasteiger partial charge in [0, 0.05) is 6.42 Å². The zero-order chi connectivity index (χ0) is 21.0. The fraction of sp³-hybridized carbons (Fsp3) is 0.222. The van der Waals surface area contributed by atoms with Crippen molar-refractivity contribution in [3.05, 3.63) is 54.0 Å². The average molecular weight is 424 g/mol. The van der Waals surface area contributed by atoms with Crippen molar-refractivity contribution < 1.29 is 27.2 Å². The van der Waals surface area contributed by atoms with Gasteiger partial charge in [-0.3, -0.25) is 9.59 Å². The van der Waals surface area contributed by atoms with Gasteiger partial charge in [-0.15, -0.1) is 10.2 Å². The molecule has 11 heteroatoms. The summed E-state index contributed by atoms with van der Waals surface area (Å²) in [6, 6.07) is 8.03. The van der Waals surface area contributed by atoms with Crippen LogP contribution < -0.4 is 10.6 Å². The van der Waals surface area contributed by atoms with Crippen LogP contribution in [-0.4, -0.2) is 27.9 Å². The maximum atomic E-state index is 13.0. The van der Waals surface area contributed by atoms with Crippen LogP contribution in [0.3, 0.4) is 0 Å². The Labute approximate surface area is 167 Å². The fourth-order valence-corrected chi connectivity index (χ4v) is 3.37. The van der Waals surface area contributed by atoms with Gasteiger partial charge in [0.05, 0.1) is 17.5 Å². The number of thioether (sulfide) groups is 1. The first kappa shape index (κ1) is 20.6. The average Bonchev–Trinajstić information content (AvgIpc) is 3.30. The molecule has 0 radical (unpaired) electrons. The predicted octanol–water partition coefficient (Wildman–Crippen LogP) is 3.64. The molecule has 1 aliphatic heterocycles. The number of benzene rings is 1. The predicted molar refractivity (Wildman–Crippen MR) is 103 cm³/mol. The number of para-hydroxylation sites is 1. The van der Waals surface area contributed by atoms with Gasteiger partial charge < -0.3 is 15.1 Å². The summed E-state index contributed by atoms with van der Waals surface area (Å²) < 4.78 is 44.2. The Morgan fingerprint density at radius 1 is 1.28 bits per heavy atom. The highest BCUT2D eigenvalue weighted by atomic mass is 32.2. The van der Waals surface area contributed by atoms with E-state index in [1.54, 1.807) is 19.1 Å². The molecule has 3 rings (SSSR count). The Kier molecular flexibility index (Phi) is 6.06. The van der Waals surface area contributed by atoms with E-state index in [2.05, 4.69) is 20.8 Å². The van der Waals surface area contributed by atoms with E-state index in [-0.39, 0.29) is 17.3 Å². The van der Waals surface area contributed by atoms with E-state index >= 15 is 0 Å². The molecular formula is C18H15F3N4O3S. The minimum Gasteiger partial charge on any atom is -0.463 e. The van der Waals surface area contributed by atoms with Crippen molar-refractivity contribution in [1.29, 1.82) is 0 Å². The molecule has 29 heavy (non-hydrogen) atoms. The lowest BCUT2D eigenvalue weighted by molar-refractivity contribution is -0.137. The van der Waals surface area contributed by atoms with Crippen LogP contribution in [-0.2, 0) is 15.8 Å². The second kappa shape index (κ2) is 8.52. The van der Waals surface area contributed by atoms with Gasteiger partial charge in [0.1, 0.15) is 16.7 Å². The highest BCUT2D eigenvalue weighted by molar-refractivity contribution is 8.15. The summed E-state index contributed by atoms with van der Waals surface area (Å²) in [4.78, 5) is 24.2. The molecule has 1 atom stereocenters. The molecule has 0 bridgehead atoms. The van der Waals surface area contributed by atoms with Crippen LogP contribution in [0.5, 0.6) is 0 Å². The monoisotopic (exact) mass is 424 g/mol. The molecule has 0 saturated carbocycles. The third kappa shape index (κ3) is 5.25. The lowest BCUT2D eigenvalue weighted by Gasteiger charge is -2.14. The molecule has 1 unspecified atom stereocenters. The molecule has 0 aliphatic carbocycles. The van der Waals surface area contributed by atoms with Crippen molar-refractivity contribution in [3.63, 3.8) is 0 Å². The fourth-order valence-electron chi connectivity index (χ4n) is 2.45. The van der Waals surface area contributed by atoms with Gasteiger partial charge in [0.2, 0.25) is 11.8 Å². The van der Waals surface area contributed by atoms with Crippen LogP contribution in [0.2, 0.25) is 0 Å². The number of nitrogens with zero attached hydrogens (tertiary/aromatic N) is 2. The number of amidine groups is 1. The molecule has 2 N–H and O–H groups in total. The molecule has 0 spiro atoms. The van der Waals surface area contributed by atoms with Crippen LogP contribution in [0, 0.1) is 0 Å². The van der Waals surface area contributed by atoms with Crippen molar-refractivity contribution in [2.24, 2.45) is 10.2 Å². The van der Waals surface area contributed by atoms with Crippen LogP contribution in [0.1, 0.15) is 24.7 Å². The summed E-state index contributed by atoms with van der Waals surface area (Å²) in [5.41, 5.74) is -0.829. The quantitative estimate of drug-likeness (QED) is 0.566. The Balaban J connectivity index is 1.63. The summed E-state index contributed by atoms with van der Waals surface area (Å²) in [5, 5.41) is 11.9. The van der Waals surface area contributed by atoms with Crippen molar-refractivity contribution in [2.45, 2.75) is 24.8 Å². The molecular weight excluding hydrogens is 409 g/mol. The van der Waals surface area contributed by atoms with Crippen LogP contribution in [0.15, 0.2) is 57.3 Å². The van der Waals surface area contributed by atoms with Gasteiger partial charge in [0.15, 0.2) is 5.17 Å². The van der Waals surface area contributed by atoms with E-state index in [0.29, 0.717) is 11.5 Å². The van der Waals surface area contributed by atoms with Crippen molar-refractivity contribution in [3.8, 4) is 0 Å². The Bertz CT molecular complexity index is 971. The molecule has 2 heterocycles. The number of anilines is 1. The second-order valence-corrected chi connectivity index (χ2v) is 7.15. The van der Waals surface area contributed by atoms with Gasteiger partial charge in [-0.25, -0.2) is 0 Å². The molecule has 1 aliphatic rings. The largest absolute Gasteiger partial charge is 0.463 e. The van der Waals surface area contributed by atoms with Gasteiger partial charge in [0.25, 0.3) is 0 Å². The number of carbonyl (C=O) groups is 2. The third-order valence-electron chi connectivity index (χ3n) is 3.82. The van der Waals surface area contributed by atoms with E-state index in [0.717, 1.165) is 23.9 Å². The standard InChI is InChI=1S/C18H15F3N4O3S/c1-10(13-7-4-8-28-13)24-25-17-23-16(27)14(29-17)9-15(26)22-12-6-3-2-5-11(12)18(19,20)21/h2-8,14H,9H2,1H3,(H,22,26)(H,23,25,27)/b24-10+. The minimum absolute atomic E-state index is 0.189. The van der Waals surface area contributed by atoms with Crippen molar-refractivity contribution >= 4 is 40.1 Å². The summed E-state index contributed by atoms with van der Waals surface area (Å²) >= 11 is 0.975. The SMILES string of the molecule is C/C(=N\N=C1\NC(=O)C(CC(=O)Nc2ccccc2C(F)(F)F)S1)c1ccco1. The van der Waals surface area contributed by atoms with Gasteiger partial charge >= 0.3 is 6.18 Å². The van der Waals surface area contributed by atoms with E-state index in [4.69, 9.17) is 4.42 Å². The number of rotatable bonds is 5. The van der Waals surface area contributed by atoms with E-state index < -0.39 is 28.8 Å². The lowest BCUT2D eigenvalue weighted by atomic mass is 10.1. The lowest BCUT2D eigenvalue weighted by Crippen LogP contribution is -2.28. The highest BCUT2D eigenvalue weighted by Crippen LogP contribution is 2.34. The van der Waals surface area contributed by atoms with Crippen LogP contribution >= 0.6 is 11.8 Å². The van der Waals surface area contributed by atoms with Gasteiger partial charge in [-0.2, -0.15) is 13.2 Å². The number of nitrogens with one attached hydrogen (secondary N) is 2. The molecule has 1 saturated heterocycles. The van der Waals surface area contributed by atoms with Crippen LogP contribution in [0.25, 0.3) is 0 Å². The van der Waals surface area contributed by atoms with Crippen molar-refractivity contribution in [1.82, 2.24) is 5.32 Å². The molecule has 2 aromatic rings. The molecule has 7 nitrogen and oxygen atoms in total. The first-order valence-electron chi connectivity index (χ1n) is 8.34. The maximum absolute atomic E-state index is 13.0. The third-order valence-corrected chi connectivity index (χ3v) is 4.89. The number of halogens is 3. The second-order valence-electron chi connectivity index (χ2n) is 5.96. The maximum Gasteiger partial charge on any atom is 0.418 e. The molecule has 2 amide bonds. The summed E-state index contributed by atoms with van der Waals surface area (Å²) in [5.74, 6) is -0.673. The first-order valence-corrected chi connectivity index (χ1v) is 9.21. The van der Waals surface area contributed by atoms with E-state index in [9.17, 15) is 22.8 Å². The Morgan fingerprint density at radius 2 is 2.03 bits per heavy atom. The number of hydrogen-bond acceptors (Lipinski definition) is 6. The van der Waals surface area contributed by atoms with Crippen molar-refractivity contribution in [2.75, 3.05) is 5.32 Å². The number of furan rings is 1. The van der Waals surface area contributed by atoms with E-state index in [1.807, 2.05) is 0 Å². The van der Waals surface area contributed by atoms with Gasteiger partial charge in [-0.1, -0.05) is 23.9 Å². The molecule has 152 valence electrons.